The Morgan fingerprint density at radius 1 is 1.25 bits per heavy atom. The number of aliphatic hydroxyl groups is 3. The minimum Gasteiger partial charge on any atom is -0.462 e. The van der Waals surface area contributed by atoms with Gasteiger partial charge in [-0.25, -0.2) is 0 Å². The topological polar surface area (TPSA) is 113 Å². The van der Waals surface area contributed by atoms with E-state index in [0.717, 1.165) is 6.42 Å². The van der Waals surface area contributed by atoms with E-state index >= 15 is 0 Å². The van der Waals surface area contributed by atoms with Gasteiger partial charge in [-0.15, -0.1) is 0 Å². The van der Waals surface area contributed by atoms with Crippen LogP contribution in [0.3, 0.4) is 0 Å². The van der Waals surface area contributed by atoms with Gasteiger partial charge in [-0.3, -0.25) is 9.59 Å². The van der Waals surface area contributed by atoms with Crippen LogP contribution in [0.2, 0.25) is 0 Å². The fourth-order valence-corrected chi connectivity index (χ4v) is 5.47. The van der Waals surface area contributed by atoms with Gasteiger partial charge in [-0.05, 0) is 56.4 Å². The quantitative estimate of drug-likeness (QED) is 0.404. The van der Waals surface area contributed by atoms with Crippen molar-refractivity contribution in [3.05, 3.63) is 23.8 Å². The molecule has 3 rings (SSSR count). The second kappa shape index (κ2) is 10.1. The summed E-state index contributed by atoms with van der Waals surface area (Å²) in [4.78, 5) is 24.7. The molecule has 0 bridgehead atoms. The van der Waals surface area contributed by atoms with Crippen molar-refractivity contribution in [3.63, 3.8) is 0 Å². The van der Waals surface area contributed by atoms with E-state index in [1.165, 1.54) is 5.57 Å². The highest BCUT2D eigenvalue weighted by Gasteiger charge is 2.43. The average Bonchev–Trinajstić information content (AvgIpc) is 2.65. The molecular formula is C25H38O7. The van der Waals surface area contributed by atoms with Gasteiger partial charge in [0.25, 0.3) is 0 Å². The summed E-state index contributed by atoms with van der Waals surface area (Å²) in [5, 5.41) is 28.6. The zero-order chi connectivity index (χ0) is 23.6. The van der Waals surface area contributed by atoms with Crippen molar-refractivity contribution in [2.24, 2.45) is 29.1 Å². The molecule has 7 heteroatoms. The van der Waals surface area contributed by atoms with Crippen molar-refractivity contribution in [2.75, 3.05) is 0 Å². The van der Waals surface area contributed by atoms with Crippen LogP contribution in [0.4, 0.5) is 0 Å². The maximum absolute atomic E-state index is 12.9. The van der Waals surface area contributed by atoms with Crippen LogP contribution in [-0.4, -0.2) is 51.9 Å². The van der Waals surface area contributed by atoms with Crippen molar-refractivity contribution < 1.29 is 34.4 Å². The summed E-state index contributed by atoms with van der Waals surface area (Å²) in [6, 6.07) is 0. The number of hydrogen-bond donors (Lipinski definition) is 3. The number of rotatable bonds is 7. The summed E-state index contributed by atoms with van der Waals surface area (Å²) >= 11 is 0. The van der Waals surface area contributed by atoms with Crippen LogP contribution in [0.15, 0.2) is 23.8 Å². The van der Waals surface area contributed by atoms with Crippen molar-refractivity contribution in [3.8, 4) is 0 Å². The Bertz CT molecular complexity index is 753. The van der Waals surface area contributed by atoms with Crippen LogP contribution < -0.4 is 0 Å². The Labute approximate surface area is 190 Å². The summed E-state index contributed by atoms with van der Waals surface area (Å²) in [6.45, 7) is 7.60. The number of aliphatic hydroxyl groups excluding tert-OH is 2. The molecule has 32 heavy (non-hydrogen) atoms. The first-order valence-corrected chi connectivity index (χ1v) is 11.8. The third kappa shape index (κ3) is 6.00. The molecule has 3 aliphatic rings. The number of esters is 2. The van der Waals surface area contributed by atoms with E-state index in [9.17, 15) is 24.9 Å². The molecule has 0 radical (unpaired) electrons. The lowest BCUT2D eigenvalue weighted by Gasteiger charge is -2.44. The van der Waals surface area contributed by atoms with Gasteiger partial charge in [0.05, 0.1) is 17.9 Å². The van der Waals surface area contributed by atoms with E-state index < -0.39 is 23.8 Å². The van der Waals surface area contributed by atoms with Crippen LogP contribution in [-0.2, 0) is 19.1 Å². The Morgan fingerprint density at radius 2 is 1.97 bits per heavy atom. The summed E-state index contributed by atoms with van der Waals surface area (Å²) in [5.41, 5.74) is 0.168. The fourth-order valence-electron chi connectivity index (χ4n) is 5.47. The van der Waals surface area contributed by atoms with Crippen molar-refractivity contribution >= 4 is 11.9 Å². The number of cyclic esters (lactones) is 1. The van der Waals surface area contributed by atoms with Crippen molar-refractivity contribution in [2.45, 2.75) is 90.8 Å². The van der Waals surface area contributed by atoms with Crippen molar-refractivity contribution in [1.29, 1.82) is 0 Å². The van der Waals surface area contributed by atoms with Gasteiger partial charge >= 0.3 is 11.9 Å². The molecule has 0 saturated carbocycles. The average molecular weight is 451 g/mol. The Hall–Kier alpha value is -1.70. The third-order valence-corrected chi connectivity index (χ3v) is 7.16. The van der Waals surface area contributed by atoms with E-state index in [4.69, 9.17) is 9.47 Å². The third-order valence-electron chi connectivity index (χ3n) is 7.16. The summed E-state index contributed by atoms with van der Waals surface area (Å²) < 4.78 is 11.5. The summed E-state index contributed by atoms with van der Waals surface area (Å²) in [5.74, 6) is 0.00365. The van der Waals surface area contributed by atoms with Crippen LogP contribution in [0.1, 0.15) is 66.2 Å². The Kier molecular flexibility index (Phi) is 7.84. The predicted octanol–water partition coefficient (Wildman–Crippen LogP) is 2.88. The molecule has 3 N–H and O–H groups in total. The lowest BCUT2D eigenvalue weighted by molar-refractivity contribution is -0.170. The lowest BCUT2D eigenvalue weighted by atomic mass is 9.65. The monoisotopic (exact) mass is 450 g/mol. The molecule has 7 atom stereocenters. The molecule has 2 aliphatic carbocycles. The molecule has 1 aliphatic heterocycles. The van der Waals surface area contributed by atoms with E-state index in [1.54, 1.807) is 13.8 Å². The minimum atomic E-state index is -1.57. The maximum atomic E-state index is 12.9. The highest BCUT2D eigenvalue weighted by molar-refractivity contribution is 5.76. The SMILES string of the molecule is C[C@@H]1C=C2C=C[C@@H](C)[C@@H](CC[C@@H]3C[C@H](O)CC(=O)O3)[C@@H]2[C@H](OC(=O)C(C)(C)CC(O)O)C1. The highest BCUT2D eigenvalue weighted by atomic mass is 16.6. The van der Waals surface area contributed by atoms with Crippen molar-refractivity contribution in [1.82, 2.24) is 0 Å². The molecule has 0 aromatic carbocycles. The van der Waals surface area contributed by atoms with Crippen LogP contribution in [0, 0.1) is 29.1 Å². The zero-order valence-electron chi connectivity index (χ0n) is 19.6. The van der Waals surface area contributed by atoms with Gasteiger partial charge in [0.15, 0.2) is 6.29 Å². The van der Waals surface area contributed by atoms with Gasteiger partial charge in [-0.2, -0.15) is 0 Å². The lowest BCUT2D eigenvalue weighted by Crippen LogP contribution is -2.43. The first-order valence-electron chi connectivity index (χ1n) is 11.8. The number of hydrogen-bond acceptors (Lipinski definition) is 7. The Balaban J connectivity index is 1.75. The molecule has 0 spiro atoms. The molecule has 1 saturated heterocycles. The number of allylic oxidation sites excluding steroid dienone is 3. The van der Waals surface area contributed by atoms with Crippen LogP contribution in [0.25, 0.3) is 0 Å². The fraction of sp³-hybridized carbons (Fsp3) is 0.760. The normalized spacial score (nSPS) is 35.2. The zero-order valence-corrected chi connectivity index (χ0v) is 19.6. The first-order chi connectivity index (χ1) is 15.0. The molecule has 0 aromatic heterocycles. The predicted molar refractivity (Wildman–Crippen MR) is 118 cm³/mol. The smallest absolute Gasteiger partial charge is 0.311 e. The van der Waals surface area contributed by atoms with E-state index in [-0.39, 0.29) is 54.7 Å². The number of carbonyl (C=O) groups is 2. The van der Waals surface area contributed by atoms with Gasteiger partial charge < -0.3 is 24.8 Å². The molecule has 1 heterocycles. The summed E-state index contributed by atoms with van der Waals surface area (Å²) in [6.07, 6.45) is 6.37. The van der Waals surface area contributed by atoms with E-state index in [2.05, 4.69) is 32.1 Å². The summed E-state index contributed by atoms with van der Waals surface area (Å²) in [7, 11) is 0. The highest BCUT2D eigenvalue weighted by Crippen LogP contribution is 2.45. The number of fused-ring (bicyclic) bond motifs is 1. The van der Waals surface area contributed by atoms with Crippen LogP contribution >= 0.6 is 0 Å². The van der Waals surface area contributed by atoms with E-state index in [0.29, 0.717) is 19.3 Å². The molecular weight excluding hydrogens is 412 g/mol. The minimum absolute atomic E-state index is 0.0363. The van der Waals surface area contributed by atoms with Gasteiger partial charge in [0, 0.05) is 18.8 Å². The second-order valence-corrected chi connectivity index (χ2v) is 10.6. The van der Waals surface area contributed by atoms with Gasteiger partial charge in [0.2, 0.25) is 0 Å². The maximum Gasteiger partial charge on any atom is 0.311 e. The van der Waals surface area contributed by atoms with E-state index in [1.807, 2.05) is 0 Å². The molecule has 180 valence electrons. The first kappa shape index (κ1) is 24.9. The largest absolute Gasteiger partial charge is 0.462 e. The standard InChI is InChI=1S/C25H38O7/c1-14-9-16-6-5-15(2)19(8-7-18-11-17(26)12-22(29)31-18)23(16)20(10-14)32-24(30)25(3,4)13-21(27)28/h5-6,9,14-15,17-21,23,26-28H,7-8,10-13H2,1-4H3/t14-,15-,17+,18-,19-,20-,23-/m1/s1. The molecule has 1 fully saturated rings. The van der Waals surface area contributed by atoms with Gasteiger partial charge in [-0.1, -0.05) is 32.1 Å². The second-order valence-electron chi connectivity index (χ2n) is 10.6. The molecule has 0 amide bonds. The molecule has 0 aromatic rings. The van der Waals surface area contributed by atoms with Crippen LogP contribution in [0.5, 0.6) is 0 Å². The number of carbonyl (C=O) groups excluding carboxylic acids is 2. The van der Waals surface area contributed by atoms with Gasteiger partial charge in [0.1, 0.15) is 12.2 Å². The number of ether oxygens (including phenoxy) is 2. The molecule has 7 nitrogen and oxygen atoms in total. The molecule has 0 unspecified atom stereocenters. The Morgan fingerprint density at radius 3 is 2.62 bits per heavy atom.